The summed E-state index contributed by atoms with van der Waals surface area (Å²) >= 11 is 0. The Morgan fingerprint density at radius 3 is 1.54 bits per heavy atom. The van der Waals surface area contributed by atoms with Gasteiger partial charge in [0.2, 0.25) is 0 Å². The highest BCUT2D eigenvalue weighted by Crippen LogP contribution is 2.36. The summed E-state index contributed by atoms with van der Waals surface area (Å²) in [5, 5.41) is 0. The van der Waals surface area contributed by atoms with Gasteiger partial charge in [-0.2, -0.15) is 0 Å². The van der Waals surface area contributed by atoms with Crippen LogP contribution in [-0.2, 0) is 12.8 Å². The molecule has 138 valence electrons. The molecule has 0 N–H and O–H groups in total. The maximum Gasteiger partial charge on any atom is -0.0159 e. The summed E-state index contributed by atoms with van der Waals surface area (Å²) in [6.07, 6.45) is 16.7. The zero-order valence-electron chi connectivity index (χ0n) is 16.3. The summed E-state index contributed by atoms with van der Waals surface area (Å²) in [6, 6.07) is 18.4. The first kappa shape index (κ1) is 17.8. The molecule has 0 heterocycles. The van der Waals surface area contributed by atoms with E-state index >= 15 is 0 Å². The number of rotatable bonds is 7. The molecule has 2 aliphatic rings. The number of aryl methyl sites for hydroxylation is 2. The average molecular weight is 347 g/mol. The van der Waals surface area contributed by atoms with E-state index in [1.54, 1.807) is 22.3 Å². The molecule has 2 atom stereocenters. The van der Waals surface area contributed by atoms with Crippen molar-refractivity contribution in [2.75, 3.05) is 0 Å². The third-order valence-electron chi connectivity index (χ3n) is 6.84. The van der Waals surface area contributed by atoms with Gasteiger partial charge in [0, 0.05) is 0 Å². The van der Waals surface area contributed by atoms with Crippen LogP contribution in [0.15, 0.2) is 48.5 Å². The maximum atomic E-state index is 2.39. The molecule has 0 fully saturated rings. The van der Waals surface area contributed by atoms with Crippen molar-refractivity contribution in [2.24, 2.45) is 0 Å². The summed E-state index contributed by atoms with van der Waals surface area (Å²) in [6.45, 7) is 0. The van der Waals surface area contributed by atoms with Crippen molar-refractivity contribution in [3.05, 3.63) is 70.8 Å². The molecule has 0 saturated heterocycles. The van der Waals surface area contributed by atoms with Gasteiger partial charge in [0.15, 0.2) is 0 Å². The second-order valence-electron chi connectivity index (χ2n) is 8.57. The first-order chi connectivity index (χ1) is 12.9. The van der Waals surface area contributed by atoms with Crippen LogP contribution in [0.3, 0.4) is 0 Å². The zero-order chi connectivity index (χ0) is 17.6. The van der Waals surface area contributed by atoms with Gasteiger partial charge in [-0.25, -0.2) is 0 Å². The molecule has 0 spiro atoms. The fourth-order valence-corrected chi connectivity index (χ4v) is 5.44. The zero-order valence-corrected chi connectivity index (χ0v) is 16.3. The van der Waals surface area contributed by atoms with Gasteiger partial charge in [0.05, 0.1) is 0 Å². The van der Waals surface area contributed by atoms with E-state index in [0.717, 1.165) is 11.8 Å². The van der Waals surface area contributed by atoms with Crippen molar-refractivity contribution in [2.45, 2.75) is 88.9 Å². The molecule has 0 saturated carbocycles. The minimum absolute atomic E-state index is 0.838. The molecule has 0 bridgehead atoms. The summed E-state index contributed by atoms with van der Waals surface area (Å²) in [5.74, 6) is 1.68. The van der Waals surface area contributed by atoms with Crippen LogP contribution in [0, 0.1) is 0 Å². The third-order valence-corrected chi connectivity index (χ3v) is 6.84. The lowest BCUT2D eigenvalue weighted by atomic mass is 9.79. The molecular weight excluding hydrogens is 312 g/mol. The smallest absolute Gasteiger partial charge is 0.0159 e. The van der Waals surface area contributed by atoms with Crippen LogP contribution in [0.5, 0.6) is 0 Å². The van der Waals surface area contributed by atoms with Crippen molar-refractivity contribution in [1.29, 1.82) is 0 Å². The van der Waals surface area contributed by atoms with Crippen LogP contribution in [0.25, 0.3) is 0 Å². The average Bonchev–Trinajstić information content (AvgIpc) is 2.71. The molecule has 2 aliphatic carbocycles. The normalized spacial score (nSPS) is 21.8. The predicted octanol–water partition coefficient (Wildman–Crippen LogP) is 7.57. The lowest BCUT2D eigenvalue weighted by Gasteiger charge is -2.26. The van der Waals surface area contributed by atoms with E-state index in [9.17, 15) is 0 Å². The topological polar surface area (TPSA) is 0 Å². The summed E-state index contributed by atoms with van der Waals surface area (Å²) < 4.78 is 0. The molecule has 2 aromatic carbocycles. The monoisotopic (exact) mass is 346 g/mol. The highest BCUT2D eigenvalue weighted by molar-refractivity contribution is 5.33. The molecule has 2 unspecified atom stereocenters. The maximum absolute atomic E-state index is 2.39. The molecule has 0 aliphatic heterocycles. The Bertz CT molecular complexity index is 637. The van der Waals surface area contributed by atoms with Gasteiger partial charge in [0.1, 0.15) is 0 Å². The van der Waals surface area contributed by atoms with E-state index in [0.29, 0.717) is 0 Å². The summed E-state index contributed by atoms with van der Waals surface area (Å²) in [7, 11) is 0. The lowest BCUT2D eigenvalue weighted by Crippen LogP contribution is -2.10. The Labute approximate surface area is 160 Å². The Balaban J connectivity index is 1.18. The van der Waals surface area contributed by atoms with Crippen LogP contribution >= 0.6 is 0 Å². The second kappa shape index (κ2) is 8.89. The quantitative estimate of drug-likeness (QED) is 0.453. The van der Waals surface area contributed by atoms with Gasteiger partial charge in [-0.1, -0.05) is 74.2 Å². The van der Waals surface area contributed by atoms with Crippen LogP contribution in [0.1, 0.15) is 98.3 Å². The molecule has 0 aromatic heterocycles. The SMILES string of the molecule is c1ccc2c(c1)CCCC2CCCCCCC1CCCc2ccccc21. The predicted molar refractivity (Wildman–Crippen MR) is 112 cm³/mol. The summed E-state index contributed by atoms with van der Waals surface area (Å²) in [5.41, 5.74) is 6.58. The van der Waals surface area contributed by atoms with E-state index in [2.05, 4.69) is 48.5 Å². The Hall–Kier alpha value is -1.56. The lowest BCUT2D eigenvalue weighted by molar-refractivity contribution is 0.463. The molecule has 0 nitrogen and oxygen atoms in total. The number of hydrogen-bond acceptors (Lipinski definition) is 0. The van der Waals surface area contributed by atoms with Crippen molar-refractivity contribution in [3.63, 3.8) is 0 Å². The van der Waals surface area contributed by atoms with E-state index in [1.165, 1.54) is 77.0 Å². The van der Waals surface area contributed by atoms with Gasteiger partial charge >= 0.3 is 0 Å². The van der Waals surface area contributed by atoms with E-state index in [1.807, 2.05) is 0 Å². The highest BCUT2D eigenvalue weighted by atomic mass is 14.3. The molecule has 0 amide bonds. The third kappa shape index (κ3) is 4.22. The molecular formula is C26H34. The molecule has 4 rings (SSSR count). The summed E-state index contributed by atoms with van der Waals surface area (Å²) in [4.78, 5) is 0. The molecule has 26 heavy (non-hydrogen) atoms. The van der Waals surface area contributed by atoms with Crippen molar-refractivity contribution < 1.29 is 0 Å². The number of unbranched alkanes of at least 4 members (excludes halogenated alkanes) is 3. The van der Waals surface area contributed by atoms with E-state index in [4.69, 9.17) is 0 Å². The van der Waals surface area contributed by atoms with E-state index in [-0.39, 0.29) is 0 Å². The molecule has 0 heteroatoms. The van der Waals surface area contributed by atoms with Gasteiger partial charge in [-0.3, -0.25) is 0 Å². The Kier molecular flexibility index (Phi) is 6.10. The van der Waals surface area contributed by atoms with Crippen LogP contribution < -0.4 is 0 Å². The number of fused-ring (bicyclic) bond motifs is 2. The minimum Gasteiger partial charge on any atom is -0.0620 e. The minimum atomic E-state index is 0.838. The molecule has 0 radical (unpaired) electrons. The second-order valence-corrected chi connectivity index (χ2v) is 8.57. The highest BCUT2D eigenvalue weighted by Gasteiger charge is 2.20. The Morgan fingerprint density at radius 1 is 0.577 bits per heavy atom. The molecule has 2 aromatic rings. The fourth-order valence-electron chi connectivity index (χ4n) is 5.44. The van der Waals surface area contributed by atoms with Crippen molar-refractivity contribution in [1.82, 2.24) is 0 Å². The van der Waals surface area contributed by atoms with Crippen molar-refractivity contribution >= 4 is 0 Å². The van der Waals surface area contributed by atoms with Gasteiger partial charge in [0.25, 0.3) is 0 Å². The van der Waals surface area contributed by atoms with Gasteiger partial charge in [-0.15, -0.1) is 0 Å². The largest absolute Gasteiger partial charge is 0.0620 e. The standard InChI is InChI=1S/C26H34/c1(3-11-21-15-9-17-23-13-5-7-19-25(21)23)2-4-12-22-16-10-18-24-14-6-8-20-26(22)24/h5-8,13-14,19-22H,1-4,9-12,15-18H2. The fraction of sp³-hybridized carbons (Fsp3) is 0.538. The van der Waals surface area contributed by atoms with Gasteiger partial charge < -0.3 is 0 Å². The number of hydrogen-bond donors (Lipinski definition) is 0. The first-order valence-electron chi connectivity index (χ1n) is 11.1. The van der Waals surface area contributed by atoms with E-state index < -0.39 is 0 Å². The number of benzene rings is 2. The van der Waals surface area contributed by atoms with Gasteiger partial charge in [-0.05, 0) is 85.5 Å². The van der Waals surface area contributed by atoms with Crippen LogP contribution in [-0.4, -0.2) is 0 Å². The van der Waals surface area contributed by atoms with Crippen LogP contribution in [0.4, 0.5) is 0 Å². The first-order valence-corrected chi connectivity index (χ1v) is 11.1. The van der Waals surface area contributed by atoms with Crippen molar-refractivity contribution in [3.8, 4) is 0 Å². The Morgan fingerprint density at radius 2 is 1.04 bits per heavy atom. The van der Waals surface area contributed by atoms with Crippen LogP contribution in [0.2, 0.25) is 0 Å².